The van der Waals surface area contributed by atoms with Crippen LogP contribution < -0.4 is 16.0 Å². The third-order valence-corrected chi connectivity index (χ3v) is 2.72. The maximum atomic E-state index is 11.5. The Bertz CT molecular complexity index is 679. The van der Waals surface area contributed by atoms with Crippen molar-refractivity contribution in [2.45, 2.75) is 6.54 Å². The van der Waals surface area contributed by atoms with Crippen LogP contribution in [0.5, 0.6) is 5.75 Å². The van der Waals surface area contributed by atoms with E-state index in [1.54, 1.807) is 24.4 Å². The number of benzene rings is 1. The maximum absolute atomic E-state index is 11.5. The Morgan fingerprint density at radius 2 is 2.10 bits per heavy atom. The quantitative estimate of drug-likeness (QED) is 0.799. The molecule has 2 rings (SSSR count). The van der Waals surface area contributed by atoms with Gasteiger partial charge in [0, 0.05) is 18.0 Å². The largest absolute Gasteiger partial charge is 0.491 e. The van der Waals surface area contributed by atoms with Crippen molar-refractivity contribution in [3.05, 3.63) is 58.5 Å². The second-order valence-corrected chi connectivity index (χ2v) is 4.14. The molecule has 0 aliphatic heterocycles. The number of nitrogen functional groups attached to an aromatic ring is 1. The standard InChI is InChI=1S/C14H14N2O4/c15-10-4-5-12(11(9-10)14(18)19)20-8-7-16-6-2-1-3-13(16)17/h1-6,9H,7-8,15H2,(H,18,19). The molecule has 3 N–H and O–H groups in total. The minimum absolute atomic E-state index is 0.00501. The lowest BCUT2D eigenvalue weighted by molar-refractivity contribution is 0.0692. The van der Waals surface area contributed by atoms with Crippen LogP contribution in [0.1, 0.15) is 10.4 Å². The Balaban J connectivity index is 2.07. The van der Waals surface area contributed by atoms with Gasteiger partial charge in [-0.15, -0.1) is 0 Å². The Hall–Kier alpha value is -2.76. The monoisotopic (exact) mass is 274 g/mol. The van der Waals surface area contributed by atoms with E-state index in [-0.39, 0.29) is 23.5 Å². The fourth-order valence-corrected chi connectivity index (χ4v) is 1.74. The van der Waals surface area contributed by atoms with Gasteiger partial charge in [0.15, 0.2) is 0 Å². The second-order valence-electron chi connectivity index (χ2n) is 4.14. The van der Waals surface area contributed by atoms with Gasteiger partial charge in [0.05, 0.1) is 6.54 Å². The van der Waals surface area contributed by atoms with Crippen LogP contribution in [-0.2, 0) is 6.54 Å². The molecule has 0 saturated heterocycles. The number of hydrogen-bond acceptors (Lipinski definition) is 4. The highest BCUT2D eigenvalue weighted by Gasteiger charge is 2.11. The number of carboxylic acid groups (broad SMARTS) is 1. The van der Waals surface area contributed by atoms with Crippen LogP contribution in [0.15, 0.2) is 47.4 Å². The van der Waals surface area contributed by atoms with Crippen molar-refractivity contribution in [2.24, 2.45) is 0 Å². The molecule has 0 aliphatic carbocycles. The average Bonchev–Trinajstić information content (AvgIpc) is 2.42. The SMILES string of the molecule is Nc1ccc(OCCn2ccccc2=O)c(C(=O)O)c1. The van der Waals surface area contributed by atoms with Crippen molar-refractivity contribution in [1.82, 2.24) is 4.57 Å². The first kappa shape index (κ1) is 13.7. The second kappa shape index (κ2) is 5.92. The van der Waals surface area contributed by atoms with E-state index >= 15 is 0 Å². The summed E-state index contributed by atoms with van der Waals surface area (Å²) in [6.07, 6.45) is 1.65. The van der Waals surface area contributed by atoms with Gasteiger partial charge in [-0.2, -0.15) is 0 Å². The normalized spacial score (nSPS) is 10.2. The number of ether oxygens (including phenoxy) is 1. The lowest BCUT2D eigenvalue weighted by atomic mass is 10.2. The highest BCUT2D eigenvalue weighted by Crippen LogP contribution is 2.21. The predicted molar refractivity (Wildman–Crippen MR) is 74.0 cm³/mol. The van der Waals surface area contributed by atoms with E-state index in [0.29, 0.717) is 12.2 Å². The van der Waals surface area contributed by atoms with Crippen molar-refractivity contribution in [3.8, 4) is 5.75 Å². The van der Waals surface area contributed by atoms with Crippen LogP contribution in [0.25, 0.3) is 0 Å². The predicted octanol–water partition coefficient (Wildman–Crippen LogP) is 1.21. The van der Waals surface area contributed by atoms with E-state index in [1.807, 2.05) is 0 Å². The third kappa shape index (κ3) is 3.17. The van der Waals surface area contributed by atoms with Gasteiger partial charge in [0.2, 0.25) is 0 Å². The summed E-state index contributed by atoms with van der Waals surface area (Å²) in [4.78, 5) is 22.5. The highest BCUT2D eigenvalue weighted by atomic mass is 16.5. The Labute approximate surface area is 115 Å². The smallest absolute Gasteiger partial charge is 0.339 e. The number of aromatic nitrogens is 1. The molecule has 1 heterocycles. The Kier molecular flexibility index (Phi) is 4.05. The van der Waals surface area contributed by atoms with E-state index in [9.17, 15) is 9.59 Å². The van der Waals surface area contributed by atoms with E-state index in [1.165, 1.54) is 22.8 Å². The number of aromatic carboxylic acids is 1. The molecule has 2 aromatic rings. The van der Waals surface area contributed by atoms with Gasteiger partial charge in [-0.1, -0.05) is 6.07 Å². The van der Waals surface area contributed by atoms with Gasteiger partial charge in [-0.05, 0) is 24.3 Å². The lowest BCUT2D eigenvalue weighted by Crippen LogP contribution is -2.21. The number of hydrogen-bond donors (Lipinski definition) is 2. The van der Waals surface area contributed by atoms with Crippen LogP contribution in [0, 0.1) is 0 Å². The molecule has 0 radical (unpaired) electrons. The van der Waals surface area contributed by atoms with Crippen LogP contribution >= 0.6 is 0 Å². The zero-order valence-corrected chi connectivity index (χ0v) is 10.7. The molecule has 0 atom stereocenters. The molecule has 104 valence electrons. The number of pyridine rings is 1. The molecule has 0 aliphatic rings. The van der Waals surface area contributed by atoms with Crippen LogP contribution in [0.4, 0.5) is 5.69 Å². The molecule has 0 amide bonds. The summed E-state index contributed by atoms with van der Waals surface area (Å²) in [5.41, 5.74) is 5.77. The number of carboxylic acids is 1. The summed E-state index contributed by atoms with van der Waals surface area (Å²) >= 11 is 0. The topological polar surface area (TPSA) is 94.5 Å². The van der Waals surface area contributed by atoms with Crippen molar-refractivity contribution >= 4 is 11.7 Å². The van der Waals surface area contributed by atoms with E-state index in [0.717, 1.165) is 0 Å². The fraction of sp³-hybridized carbons (Fsp3) is 0.143. The van der Waals surface area contributed by atoms with Crippen molar-refractivity contribution in [3.63, 3.8) is 0 Å². The molecule has 20 heavy (non-hydrogen) atoms. The molecule has 0 unspecified atom stereocenters. The maximum Gasteiger partial charge on any atom is 0.339 e. The highest BCUT2D eigenvalue weighted by molar-refractivity contribution is 5.92. The first-order chi connectivity index (χ1) is 9.58. The summed E-state index contributed by atoms with van der Waals surface area (Å²) in [6.45, 7) is 0.525. The van der Waals surface area contributed by atoms with Gasteiger partial charge in [0.1, 0.15) is 17.9 Å². The summed E-state index contributed by atoms with van der Waals surface area (Å²) in [5.74, 6) is -0.875. The summed E-state index contributed by atoms with van der Waals surface area (Å²) in [7, 11) is 0. The fourth-order valence-electron chi connectivity index (χ4n) is 1.74. The molecule has 1 aromatic carbocycles. The molecule has 0 spiro atoms. The first-order valence-corrected chi connectivity index (χ1v) is 5.99. The van der Waals surface area contributed by atoms with E-state index in [2.05, 4.69) is 0 Å². The third-order valence-electron chi connectivity index (χ3n) is 2.72. The van der Waals surface area contributed by atoms with Crippen molar-refractivity contribution < 1.29 is 14.6 Å². The van der Waals surface area contributed by atoms with Crippen LogP contribution in [-0.4, -0.2) is 22.2 Å². The molecule has 6 heteroatoms. The Morgan fingerprint density at radius 3 is 2.80 bits per heavy atom. The lowest BCUT2D eigenvalue weighted by Gasteiger charge is -2.10. The average molecular weight is 274 g/mol. The molecule has 1 aromatic heterocycles. The van der Waals surface area contributed by atoms with Gasteiger partial charge < -0.3 is 20.1 Å². The number of anilines is 1. The zero-order valence-electron chi connectivity index (χ0n) is 10.7. The van der Waals surface area contributed by atoms with Crippen LogP contribution in [0.3, 0.4) is 0 Å². The van der Waals surface area contributed by atoms with Crippen molar-refractivity contribution in [1.29, 1.82) is 0 Å². The molecule has 6 nitrogen and oxygen atoms in total. The molecule has 0 saturated carbocycles. The zero-order chi connectivity index (χ0) is 14.5. The minimum Gasteiger partial charge on any atom is -0.491 e. The summed E-state index contributed by atoms with van der Waals surface area (Å²) < 4.78 is 6.90. The van der Waals surface area contributed by atoms with Crippen LogP contribution in [0.2, 0.25) is 0 Å². The number of carbonyl (C=O) groups is 1. The molecule has 0 bridgehead atoms. The van der Waals surface area contributed by atoms with Gasteiger partial charge in [-0.25, -0.2) is 4.79 Å². The van der Waals surface area contributed by atoms with E-state index < -0.39 is 5.97 Å². The Morgan fingerprint density at radius 1 is 1.30 bits per heavy atom. The molecular formula is C14H14N2O4. The molecule has 0 fully saturated rings. The first-order valence-electron chi connectivity index (χ1n) is 5.99. The summed E-state index contributed by atoms with van der Waals surface area (Å²) in [5, 5.41) is 9.06. The van der Waals surface area contributed by atoms with Gasteiger partial charge in [0.25, 0.3) is 5.56 Å². The van der Waals surface area contributed by atoms with Gasteiger partial charge in [-0.3, -0.25) is 4.79 Å². The number of nitrogens with two attached hydrogens (primary N) is 1. The van der Waals surface area contributed by atoms with Gasteiger partial charge >= 0.3 is 5.97 Å². The van der Waals surface area contributed by atoms with E-state index in [4.69, 9.17) is 15.6 Å². The summed E-state index contributed by atoms with van der Waals surface area (Å²) in [6, 6.07) is 9.26. The number of rotatable bonds is 5. The minimum atomic E-state index is -1.11. The molecular weight excluding hydrogens is 260 g/mol. The van der Waals surface area contributed by atoms with Crippen molar-refractivity contribution in [2.75, 3.05) is 12.3 Å². The number of nitrogens with zero attached hydrogens (tertiary/aromatic N) is 1.